The zero-order valence-electron chi connectivity index (χ0n) is 17.0. The second-order valence-electron chi connectivity index (χ2n) is 7.81. The Kier molecular flexibility index (Phi) is 5.69. The maximum absolute atomic E-state index is 12.0. The van der Waals surface area contributed by atoms with Crippen LogP contribution in [-0.4, -0.2) is 48.0 Å². The summed E-state index contributed by atoms with van der Waals surface area (Å²) in [4.78, 5) is 34.5. The van der Waals surface area contributed by atoms with E-state index in [4.69, 9.17) is 5.73 Å². The Morgan fingerprint density at radius 3 is 2.60 bits per heavy atom. The van der Waals surface area contributed by atoms with Crippen molar-refractivity contribution in [2.45, 2.75) is 31.7 Å². The van der Waals surface area contributed by atoms with Gasteiger partial charge in [-0.3, -0.25) is 9.59 Å². The first-order valence-electron chi connectivity index (χ1n) is 10.3. The van der Waals surface area contributed by atoms with Crippen molar-refractivity contribution in [3.05, 3.63) is 36.0 Å². The fraction of sp³-hybridized carbons (Fsp3) is 0.429. The molecule has 1 saturated heterocycles. The number of rotatable bonds is 7. The maximum Gasteiger partial charge on any atom is 0.254 e. The topological polar surface area (TPSA) is 125 Å². The van der Waals surface area contributed by atoms with E-state index < -0.39 is 5.91 Å². The van der Waals surface area contributed by atoms with Gasteiger partial charge in [-0.2, -0.15) is 4.98 Å². The first-order chi connectivity index (χ1) is 14.5. The van der Waals surface area contributed by atoms with E-state index in [2.05, 4.69) is 30.8 Å². The van der Waals surface area contributed by atoms with Crippen LogP contribution in [0.5, 0.6) is 0 Å². The lowest BCUT2D eigenvalue weighted by molar-refractivity contribution is -0.124. The number of aromatic nitrogens is 2. The van der Waals surface area contributed by atoms with Gasteiger partial charge in [0.05, 0.1) is 11.5 Å². The van der Waals surface area contributed by atoms with Gasteiger partial charge in [-0.25, -0.2) is 4.98 Å². The summed E-state index contributed by atoms with van der Waals surface area (Å²) in [5.41, 5.74) is 7.63. The molecule has 1 atom stereocenters. The average Bonchev–Trinajstić information content (AvgIpc) is 3.58. The molecule has 1 aromatic carbocycles. The SMILES string of the molecule is CNC(=O)[C@@H]1CCCN(c2ccc(Nc3ncc(C(N)=O)c(NC4CC4)n3)cc2)C1. The summed E-state index contributed by atoms with van der Waals surface area (Å²) in [6.07, 6.45) is 5.48. The van der Waals surface area contributed by atoms with Crippen LogP contribution in [0.1, 0.15) is 36.0 Å². The Hall–Kier alpha value is -3.36. The Labute approximate surface area is 175 Å². The molecule has 0 radical (unpaired) electrons. The molecule has 2 fully saturated rings. The van der Waals surface area contributed by atoms with Crippen LogP contribution in [0.2, 0.25) is 0 Å². The normalized spacial score (nSPS) is 18.6. The highest BCUT2D eigenvalue weighted by Crippen LogP contribution is 2.28. The molecule has 2 amide bonds. The first-order valence-corrected chi connectivity index (χ1v) is 10.3. The lowest BCUT2D eigenvalue weighted by Crippen LogP contribution is -2.42. The van der Waals surface area contributed by atoms with Gasteiger partial charge < -0.3 is 26.6 Å². The third-order valence-corrected chi connectivity index (χ3v) is 5.50. The van der Waals surface area contributed by atoms with Gasteiger partial charge in [0.25, 0.3) is 5.91 Å². The van der Waals surface area contributed by atoms with Crippen molar-refractivity contribution in [1.29, 1.82) is 0 Å². The highest BCUT2D eigenvalue weighted by Gasteiger charge is 2.26. The molecule has 4 rings (SSSR count). The number of nitrogens with one attached hydrogen (secondary N) is 3. The van der Waals surface area contributed by atoms with Crippen molar-refractivity contribution in [2.75, 3.05) is 35.7 Å². The quantitative estimate of drug-likeness (QED) is 0.550. The molecule has 9 nitrogen and oxygen atoms in total. The summed E-state index contributed by atoms with van der Waals surface area (Å²) in [7, 11) is 1.69. The van der Waals surface area contributed by atoms with E-state index in [-0.39, 0.29) is 11.8 Å². The lowest BCUT2D eigenvalue weighted by Gasteiger charge is -2.33. The van der Waals surface area contributed by atoms with Crippen molar-refractivity contribution < 1.29 is 9.59 Å². The molecule has 9 heteroatoms. The molecule has 1 aromatic heterocycles. The molecule has 2 aliphatic rings. The number of primary amides is 1. The van der Waals surface area contributed by atoms with Crippen LogP contribution < -0.4 is 26.6 Å². The van der Waals surface area contributed by atoms with E-state index in [0.717, 1.165) is 50.1 Å². The number of anilines is 4. The van der Waals surface area contributed by atoms with Crippen molar-refractivity contribution in [3.63, 3.8) is 0 Å². The summed E-state index contributed by atoms with van der Waals surface area (Å²) in [5.74, 6) is 0.438. The van der Waals surface area contributed by atoms with Gasteiger partial charge in [0.2, 0.25) is 11.9 Å². The molecule has 2 heterocycles. The lowest BCUT2D eigenvalue weighted by atomic mass is 9.96. The van der Waals surface area contributed by atoms with Gasteiger partial charge >= 0.3 is 0 Å². The van der Waals surface area contributed by atoms with Crippen LogP contribution in [0, 0.1) is 5.92 Å². The molecular formula is C21H27N7O2. The molecule has 1 saturated carbocycles. The number of carbonyl (C=O) groups excluding carboxylic acids is 2. The smallest absolute Gasteiger partial charge is 0.254 e. The predicted molar refractivity (Wildman–Crippen MR) is 116 cm³/mol. The van der Waals surface area contributed by atoms with Crippen molar-refractivity contribution in [2.24, 2.45) is 11.7 Å². The van der Waals surface area contributed by atoms with Gasteiger partial charge in [0.1, 0.15) is 5.82 Å². The van der Waals surface area contributed by atoms with Gasteiger partial charge in [-0.15, -0.1) is 0 Å². The summed E-state index contributed by atoms with van der Waals surface area (Å²) < 4.78 is 0. The molecule has 0 spiro atoms. The molecule has 2 aromatic rings. The highest BCUT2D eigenvalue weighted by atomic mass is 16.2. The van der Waals surface area contributed by atoms with Crippen molar-refractivity contribution in [1.82, 2.24) is 15.3 Å². The minimum absolute atomic E-state index is 0.0242. The van der Waals surface area contributed by atoms with Crippen molar-refractivity contribution >= 4 is 35.0 Å². The van der Waals surface area contributed by atoms with Crippen molar-refractivity contribution in [3.8, 4) is 0 Å². The number of nitrogens with zero attached hydrogens (tertiary/aromatic N) is 3. The number of benzene rings is 1. The Morgan fingerprint density at radius 1 is 1.17 bits per heavy atom. The van der Waals surface area contributed by atoms with Crippen LogP contribution in [0.3, 0.4) is 0 Å². The fourth-order valence-electron chi connectivity index (χ4n) is 3.67. The number of nitrogens with two attached hydrogens (primary N) is 1. The number of piperidine rings is 1. The Balaban J connectivity index is 1.44. The molecule has 30 heavy (non-hydrogen) atoms. The average molecular weight is 409 g/mol. The molecule has 158 valence electrons. The summed E-state index contributed by atoms with van der Waals surface area (Å²) >= 11 is 0. The summed E-state index contributed by atoms with van der Waals surface area (Å²) in [6, 6.07) is 8.30. The number of carbonyl (C=O) groups is 2. The monoisotopic (exact) mass is 409 g/mol. The molecule has 0 bridgehead atoms. The molecule has 0 unspecified atom stereocenters. The minimum atomic E-state index is -0.550. The zero-order valence-corrected chi connectivity index (χ0v) is 17.0. The molecule has 5 N–H and O–H groups in total. The third kappa shape index (κ3) is 4.61. The van der Waals surface area contributed by atoms with Gasteiger partial charge in [-0.1, -0.05) is 0 Å². The van der Waals surface area contributed by atoms with E-state index in [9.17, 15) is 9.59 Å². The second kappa shape index (κ2) is 8.56. The Bertz CT molecular complexity index is 927. The number of hydrogen-bond donors (Lipinski definition) is 4. The number of hydrogen-bond acceptors (Lipinski definition) is 7. The minimum Gasteiger partial charge on any atom is -0.371 e. The molecule has 1 aliphatic heterocycles. The van der Waals surface area contributed by atoms with E-state index >= 15 is 0 Å². The second-order valence-corrected chi connectivity index (χ2v) is 7.81. The van der Waals surface area contributed by atoms with Crippen LogP contribution >= 0.6 is 0 Å². The van der Waals surface area contributed by atoms with E-state index in [1.807, 2.05) is 24.3 Å². The van der Waals surface area contributed by atoms with Crippen LogP contribution in [-0.2, 0) is 4.79 Å². The van der Waals surface area contributed by atoms with E-state index in [0.29, 0.717) is 23.4 Å². The largest absolute Gasteiger partial charge is 0.371 e. The maximum atomic E-state index is 12.0. The third-order valence-electron chi connectivity index (χ3n) is 5.50. The van der Waals surface area contributed by atoms with E-state index in [1.165, 1.54) is 6.20 Å². The van der Waals surface area contributed by atoms with Crippen LogP contribution in [0.4, 0.5) is 23.1 Å². The standard InChI is InChI=1S/C21H27N7O2/c1-23-20(30)13-3-2-10-28(12-13)16-8-6-15(7-9-16)26-21-24-11-17(18(22)29)19(27-21)25-14-4-5-14/h6-9,11,13-14H,2-5,10,12H2,1H3,(H2,22,29)(H,23,30)(H2,24,25,26,27)/t13-/m1/s1. The first kappa shape index (κ1) is 19.9. The number of amides is 2. The van der Waals surface area contributed by atoms with Crippen LogP contribution in [0.15, 0.2) is 30.5 Å². The van der Waals surface area contributed by atoms with Gasteiger partial charge in [0.15, 0.2) is 0 Å². The highest BCUT2D eigenvalue weighted by molar-refractivity contribution is 5.97. The predicted octanol–water partition coefficient (Wildman–Crippen LogP) is 1.86. The summed E-state index contributed by atoms with van der Waals surface area (Å²) in [6.45, 7) is 1.66. The van der Waals surface area contributed by atoms with Gasteiger partial charge in [-0.05, 0) is 49.9 Å². The zero-order chi connectivity index (χ0) is 21.1. The fourth-order valence-corrected chi connectivity index (χ4v) is 3.67. The van der Waals surface area contributed by atoms with Crippen LogP contribution in [0.25, 0.3) is 0 Å². The van der Waals surface area contributed by atoms with Gasteiger partial charge in [0, 0.05) is 43.8 Å². The molecular weight excluding hydrogens is 382 g/mol. The Morgan fingerprint density at radius 2 is 1.93 bits per heavy atom. The molecule has 1 aliphatic carbocycles. The summed E-state index contributed by atoms with van der Waals surface area (Å²) in [5, 5.41) is 9.15. The van der Waals surface area contributed by atoms with E-state index in [1.54, 1.807) is 7.05 Å².